The minimum Gasteiger partial charge on any atom is -0.493 e. The fraction of sp³-hybridized carbons (Fsp3) is 0.533. The van der Waals surface area contributed by atoms with Crippen molar-refractivity contribution in [3.05, 3.63) is 23.8 Å². The Bertz CT molecular complexity index is 459. The van der Waals surface area contributed by atoms with Gasteiger partial charge in [0.15, 0.2) is 11.5 Å². The molecule has 1 aromatic carbocycles. The first-order valence-corrected chi connectivity index (χ1v) is 6.67. The zero-order valence-corrected chi connectivity index (χ0v) is 11.8. The van der Waals surface area contributed by atoms with Crippen LogP contribution < -0.4 is 9.47 Å². The molecule has 1 fully saturated rings. The second-order valence-electron chi connectivity index (χ2n) is 5.07. The van der Waals surface area contributed by atoms with Crippen LogP contribution in [0.15, 0.2) is 18.2 Å². The van der Waals surface area contributed by atoms with Gasteiger partial charge in [-0.2, -0.15) is 0 Å². The zero-order valence-electron chi connectivity index (χ0n) is 11.8. The van der Waals surface area contributed by atoms with Crippen LogP contribution in [-0.2, 0) is 0 Å². The molecule has 4 heteroatoms. The van der Waals surface area contributed by atoms with Gasteiger partial charge < -0.3 is 14.4 Å². The van der Waals surface area contributed by atoms with Crippen LogP contribution >= 0.6 is 0 Å². The molecule has 1 amide bonds. The highest BCUT2D eigenvalue weighted by molar-refractivity contribution is 5.95. The maximum Gasteiger partial charge on any atom is 0.254 e. The number of methoxy groups -OCH3 is 2. The van der Waals surface area contributed by atoms with Gasteiger partial charge in [-0.15, -0.1) is 0 Å². The van der Waals surface area contributed by atoms with E-state index in [4.69, 9.17) is 9.47 Å². The minimum absolute atomic E-state index is 0.0764. The molecule has 0 aromatic heterocycles. The molecule has 4 nitrogen and oxygen atoms in total. The maximum absolute atomic E-state index is 12.4. The van der Waals surface area contributed by atoms with Crippen LogP contribution in [0.5, 0.6) is 11.5 Å². The maximum atomic E-state index is 12.4. The molecule has 1 aliphatic heterocycles. The van der Waals surface area contributed by atoms with Crippen molar-refractivity contribution in [3.8, 4) is 11.5 Å². The van der Waals surface area contributed by atoms with E-state index in [1.165, 1.54) is 6.42 Å². The number of carbonyl (C=O) groups excluding carboxylic acids is 1. The highest BCUT2D eigenvalue weighted by atomic mass is 16.5. The summed E-state index contributed by atoms with van der Waals surface area (Å²) < 4.78 is 10.4. The summed E-state index contributed by atoms with van der Waals surface area (Å²) in [6, 6.07) is 5.32. The second-order valence-corrected chi connectivity index (χ2v) is 5.07. The smallest absolute Gasteiger partial charge is 0.254 e. The summed E-state index contributed by atoms with van der Waals surface area (Å²) in [6.07, 6.45) is 2.29. The van der Waals surface area contributed by atoms with Crippen molar-refractivity contribution in [2.24, 2.45) is 5.92 Å². The number of rotatable bonds is 3. The largest absolute Gasteiger partial charge is 0.493 e. The highest BCUT2D eigenvalue weighted by Crippen LogP contribution is 2.28. The molecule has 1 aliphatic rings. The van der Waals surface area contributed by atoms with Gasteiger partial charge in [-0.1, -0.05) is 6.92 Å². The van der Waals surface area contributed by atoms with Gasteiger partial charge >= 0.3 is 0 Å². The third kappa shape index (κ3) is 3.00. The number of nitrogens with zero attached hydrogens (tertiary/aromatic N) is 1. The Morgan fingerprint density at radius 1 is 1.26 bits per heavy atom. The van der Waals surface area contributed by atoms with Gasteiger partial charge in [0.05, 0.1) is 14.2 Å². The molecule has 0 radical (unpaired) electrons. The Morgan fingerprint density at radius 3 is 2.63 bits per heavy atom. The average Bonchev–Trinajstić information content (AvgIpc) is 2.45. The van der Waals surface area contributed by atoms with E-state index in [0.29, 0.717) is 23.0 Å². The summed E-state index contributed by atoms with van der Waals surface area (Å²) in [4.78, 5) is 14.4. The van der Waals surface area contributed by atoms with Crippen LogP contribution in [0.4, 0.5) is 0 Å². The molecule has 0 aliphatic carbocycles. The number of piperidine rings is 1. The summed E-state index contributed by atoms with van der Waals surface area (Å²) in [7, 11) is 3.17. The molecule has 104 valence electrons. The molecular weight excluding hydrogens is 242 g/mol. The number of ether oxygens (including phenoxy) is 2. The molecule has 1 aromatic rings. The first-order chi connectivity index (χ1) is 9.15. The fourth-order valence-corrected chi connectivity index (χ4v) is 2.53. The first kappa shape index (κ1) is 13.7. The lowest BCUT2D eigenvalue weighted by Gasteiger charge is -2.31. The number of amides is 1. The molecular formula is C15H21NO3. The Labute approximate surface area is 114 Å². The van der Waals surface area contributed by atoms with E-state index in [1.54, 1.807) is 32.4 Å². The SMILES string of the molecule is COc1ccc(C(=O)N2CCC[C@@H](C)C2)cc1OC. The highest BCUT2D eigenvalue weighted by Gasteiger charge is 2.22. The van der Waals surface area contributed by atoms with Crippen LogP contribution in [0, 0.1) is 5.92 Å². The summed E-state index contributed by atoms with van der Waals surface area (Å²) in [5.74, 6) is 1.90. The van der Waals surface area contributed by atoms with Crippen molar-refractivity contribution < 1.29 is 14.3 Å². The van der Waals surface area contributed by atoms with Gasteiger partial charge in [-0.25, -0.2) is 0 Å². The molecule has 0 N–H and O–H groups in total. The van der Waals surface area contributed by atoms with Crippen molar-refractivity contribution in [1.82, 2.24) is 4.90 Å². The van der Waals surface area contributed by atoms with Crippen molar-refractivity contribution in [2.75, 3.05) is 27.3 Å². The topological polar surface area (TPSA) is 38.8 Å². The lowest BCUT2D eigenvalue weighted by molar-refractivity contribution is 0.0682. The van der Waals surface area contributed by atoms with Gasteiger partial charge in [-0.05, 0) is 37.0 Å². The molecule has 2 rings (SSSR count). The second kappa shape index (κ2) is 5.95. The molecule has 1 atom stereocenters. The van der Waals surface area contributed by atoms with Crippen molar-refractivity contribution >= 4 is 5.91 Å². The van der Waals surface area contributed by atoms with Crippen molar-refractivity contribution in [2.45, 2.75) is 19.8 Å². The van der Waals surface area contributed by atoms with E-state index in [2.05, 4.69) is 6.92 Å². The minimum atomic E-state index is 0.0764. The quantitative estimate of drug-likeness (QED) is 0.841. The van der Waals surface area contributed by atoms with E-state index in [0.717, 1.165) is 19.5 Å². The Morgan fingerprint density at radius 2 is 2.00 bits per heavy atom. The van der Waals surface area contributed by atoms with E-state index >= 15 is 0 Å². The van der Waals surface area contributed by atoms with E-state index in [-0.39, 0.29) is 5.91 Å². The summed E-state index contributed by atoms with van der Waals surface area (Å²) in [5.41, 5.74) is 0.659. The fourth-order valence-electron chi connectivity index (χ4n) is 2.53. The molecule has 0 unspecified atom stereocenters. The molecule has 1 saturated heterocycles. The molecule has 1 heterocycles. The number of hydrogen-bond donors (Lipinski definition) is 0. The van der Waals surface area contributed by atoms with Gasteiger partial charge in [-0.3, -0.25) is 4.79 Å². The molecule has 19 heavy (non-hydrogen) atoms. The predicted octanol–water partition coefficient (Wildman–Crippen LogP) is 2.58. The summed E-state index contributed by atoms with van der Waals surface area (Å²) in [5, 5.41) is 0. The van der Waals surface area contributed by atoms with Crippen molar-refractivity contribution in [3.63, 3.8) is 0 Å². The summed E-state index contributed by atoms with van der Waals surface area (Å²) >= 11 is 0. The normalized spacial score (nSPS) is 19.1. The Balaban J connectivity index is 2.19. The Kier molecular flexibility index (Phi) is 4.30. The number of carbonyl (C=O) groups is 1. The van der Waals surface area contributed by atoms with Gasteiger partial charge in [0.2, 0.25) is 0 Å². The third-order valence-corrected chi connectivity index (χ3v) is 3.57. The van der Waals surface area contributed by atoms with E-state index in [9.17, 15) is 4.79 Å². The number of hydrogen-bond acceptors (Lipinski definition) is 3. The third-order valence-electron chi connectivity index (χ3n) is 3.57. The molecule has 0 bridgehead atoms. The van der Waals surface area contributed by atoms with Crippen LogP contribution in [0.2, 0.25) is 0 Å². The number of likely N-dealkylation sites (tertiary alicyclic amines) is 1. The van der Waals surface area contributed by atoms with Gasteiger partial charge in [0, 0.05) is 18.7 Å². The lowest BCUT2D eigenvalue weighted by Crippen LogP contribution is -2.39. The van der Waals surface area contributed by atoms with E-state index in [1.807, 2.05) is 4.90 Å². The van der Waals surface area contributed by atoms with Crippen LogP contribution in [-0.4, -0.2) is 38.1 Å². The molecule has 0 spiro atoms. The van der Waals surface area contributed by atoms with E-state index < -0.39 is 0 Å². The van der Waals surface area contributed by atoms with Gasteiger partial charge in [0.25, 0.3) is 5.91 Å². The predicted molar refractivity (Wildman–Crippen MR) is 73.8 cm³/mol. The first-order valence-electron chi connectivity index (χ1n) is 6.67. The van der Waals surface area contributed by atoms with Gasteiger partial charge in [0.1, 0.15) is 0 Å². The number of benzene rings is 1. The van der Waals surface area contributed by atoms with Crippen LogP contribution in [0.1, 0.15) is 30.1 Å². The summed E-state index contributed by atoms with van der Waals surface area (Å²) in [6.45, 7) is 3.87. The van der Waals surface area contributed by atoms with Crippen molar-refractivity contribution in [1.29, 1.82) is 0 Å². The van der Waals surface area contributed by atoms with Crippen LogP contribution in [0.3, 0.4) is 0 Å². The standard InChI is InChI=1S/C15H21NO3/c1-11-5-4-8-16(10-11)15(17)12-6-7-13(18-2)14(9-12)19-3/h6-7,9,11H,4-5,8,10H2,1-3H3/t11-/m1/s1. The lowest BCUT2D eigenvalue weighted by atomic mass is 9.99. The monoisotopic (exact) mass is 263 g/mol. The Hall–Kier alpha value is -1.71. The average molecular weight is 263 g/mol. The molecule has 0 saturated carbocycles. The zero-order chi connectivity index (χ0) is 13.8. The van der Waals surface area contributed by atoms with Crippen LogP contribution in [0.25, 0.3) is 0 Å².